The van der Waals surface area contributed by atoms with Crippen LogP contribution >= 0.6 is 23.4 Å². The molecular weight excluding hydrogens is 424 g/mol. The van der Waals surface area contributed by atoms with E-state index >= 15 is 0 Å². The number of halogens is 1. The van der Waals surface area contributed by atoms with Crippen molar-refractivity contribution in [2.75, 3.05) is 12.0 Å². The molecular formula is C23H29ClO5S. The molecule has 2 aromatic carbocycles. The molecule has 0 saturated carbocycles. The Morgan fingerprint density at radius 3 is 2.37 bits per heavy atom. The molecule has 0 aromatic heterocycles. The molecule has 0 bridgehead atoms. The molecule has 7 heteroatoms. The third-order valence-corrected chi connectivity index (χ3v) is 6.16. The molecule has 3 rings (SSSR count). The van der Waals surface area contributed by atoms with Crippen LogP contribution in [0.2, 0.25) is 5.02 Å². The molecule has 164 valence electrons. The van der Waals surface area contributed by atoms with Crippen molar-refractivity contribution >= 4 is 23.4 Å². The monoisotopic (exact) mass is 452 g/mol. The summed E-state index contributed by atoms with van der Waals surface area (Å²) in [5, 5.41) is 31.6. The van der Waals surface area contributed by atoms with Crippen molar-refractivity contribution in [3.05, 3.63) is 64.2 Å². The molecule has 1 heterocycles. The number of aliphatic hydroxyl groups is 3. The Morgan fingerprint density at radius 2 is 1.73 bits per heavy atom. The van der Waals surface area contributed by atoms with Gasteiger partial charge in [0.1, 0.15) is 30.2 Å². The molecule has 1 fully saturated rings. The van der Waals surface area contributed by atoms with E-state index in [0.717, 1.165) is 22.4 Å². The Kier molecular flexibility index (Phi) is 8.07. The van der Waals surface area contributed by atoms with Gasteiger partial charge in [-0.2, -0.15) is 11.8 Å². The predicted octanol–water partition coefficient (Wildman–Crippen LogP) is 3.60. The Hall–Kier alpha value is -1.28. The van der Waals surface area contributed by atoms with Gasteiger partial charge in [0.2, 0.25) is 0 Å². The summed E-state index contributed by atoms with van der Waals surface area (Å²) in [5.74, 6) is 1.34. The maximum atomic E-state index is 10.5. The van der Waals surface area contributed by atoms with E-state index in [1.54, 1.807) is 12.1 Å². The number of rotatable bonds is 7. The zero-order chi connectivity index (χ0) is 21.8. The van der Waals surface area contributed by atoms with Crippen LogP contribution in [-0.4, -0.2) is 57.8 Å². The molecule has 0 aliphatic carbocycles. The minimum absolute atomic E-state index is 0.118. The molecule has 0 spiro atoms. The lowest BCUT2D eigenvalue weighted by Crippen LogP contribution is -2.54. The maximum absolute atomic E-state index is 10.5. The van der Waals surface area contributed by atoms with E-state index in [1.807, 2.05) is 50.4 Å². The molecule has 1 aliphatic heterocycles. The topological polar surface area (TPSA) is 79.2 Å². The van der Waals surface area contributed by atoms with Gasteiger partial charge in [-0.05, 0) is 61.4 Å². The first-order valence-electron chi connectivity index (χ1n) is 10.0. The lowest BCUT2D eigenvalue weighted by atomic mass is 9.90. The summed E-state index contributed by atoms with van der Waals surface area (Å²) < 4.78 is 11.7. The SMILES string of the molecule is CSC[C@H]1O[C@@H](c2ccc(Cl)c(Cc3ccc(OC(C)C)cc3)c2)[C@H](O)[C@@H](O)[C@@H]1O. The molecule has 30 heavy (non-hydrogen) atoms. The van der Waals surface area contributed by atoms with Crippen molar-refractivity contribution in [1.82, 2.24) is 0 Å². The van der Waals surface area contributed by atoms with Crippen molar-refractivity contribution in [3.8, 4) is 5.75 Å². The third-order valence-electron chi connectivity index (χ3n) is 5.13. The fraction of sp³-hybridized carbons (Fsp3) is 0.478. The van der Waals surface area contributed by atoms with Crippen molar-refractivity contribution in [1.29, 1.82) is 0 Å². The maximum Gasteiger partial charge on any atom is 0.119 e. The number of hydrogen-bond acceptors (Lipinski definition) is 6. The Bertz CT molecular complexity index is 829. The zero-order valence-electron chi connectivity index (χ0n) is 17.4. The van der Waals surface area contributed by atoms with E-state index in [-0.39, 0.29) is 6.10 Å². The van der Waals surface area contributed by atoms with Gasteiger partial charge >= 0.3 is 0 Å². The van der Waals surface area contributed by atoms with Crippen LogP contribution in [0.25, 0.3) is 0 Å². The quantitative estimate of drug-likeness (QED) is 0.595. The van der Waals surface area contributed by atoms with Gasteiger partial charge in [-0.15, -0.1) is 0 Å². The summed E-state index contributed by atoms with van der Waals surface area (Å²) in [5.41, 5.74) is 2.69. The summed E-state index contributed by atoms with van der Waals surface area (Å²) in [7, 11) is 0. The van der Waals surface area contributed by atoms with Crippen molar-refractivity contribution in [3.63, 3.8) is 0 Å². The molecule has 1 aliphatic rings. The molecule has 0 amide bonds. The van der Waals surface area contributed by atoms with Gasteiger partial charge in [0.15, 0.2) is 0 Å². The van der Waals surface area contributed by atoms with Gasteiger partial charge in [-0.3, -0.25) is 0 Å². The molecule has 3 N–H and O–H groups in total. The van der Waals surface area contributed by atoms with E-state index in [2.05, 4.69) is 0 Å². The summed E-state index contributed by atoms with van der Waals surface area (Å²) in [6.07, 6.45) is -2.28. The Balaban J connectivity index is 1.80. The van der Waals surface area contributed by atoms with E-state index in [4.69, 9.17) is 21.1 Å². The van der Waals surface area contributed by atoms with E-state index in [9.17, 15) is 15.3 Å². The number of hydrogen-bond donors (Lipinski definition) is 3. The molecule has 2 aromatic rings. The van der Waals surface area contributed by atoms with Crippen LogP contribution in [0.15, 0.2) is 42.5 Å². The first-order chi connectivity index (χ1) is 14.3. The standard InChI is InChI=1S/C23H29ClO5S/c1-13(2)28-17-7-4-14(5-8-17)10-16-11-15(6-9-18(16)24)23-22(27)21(26)20(25)19(29-23)12-30-3/h4-9,11,13,19-23,25-27H,10,12H2,1-3H3/t19-,20-,21+,22-,23+/m1/s1. The highest BCUT2D eigenvalue weighted by molar-refractivity contribution is 7.98. The fourth-order valence-corrected chi connectivity index (χ4v) is 4.40. The van der Waals surface area contributed by atoms with Gasteiger partial charge in [-0.25, -0.2) is 0 Å². The van der Waals surface area contributed by atoms with Crippen LogP contribution in [0.5, 0.6) is 5.75 Å². The van der Waals surface area contributed by atoms with Gasteiger partial charge < -0.3 is 24.8 Å². The summed E-state index contributed by atoms with van der Waals surface area (Å²) in [4.78, 5) is 0. The highest BCUT2D eigenvalue weighted by Gasteiger charge is 2.44. The minimum atomic E-state index is -1.27. The molecule has 0 radical (unpaired) electrons. The molecule has 1 saturated heterocycles. The minimum Gasteiger partial charge on any atom is -0.491 e. The molecule has 5 nitrogen and oxygen atoms in total. The summed E-state index contributed by atoms with van der Waals surface area (Å²) in [6, 6.07) is 13.3. The van der Waals surface area contributed by atoms with Crippen LogP contribution in [0.1, 0.15) is 36.6 Å². The predicted molar refractivity (Wildman–Crippen MR) is 120 cm³/mol. The lowest BCUT2D eigenvalue weighted by molar-refractivity contribution is -0.218. The van der Waals surface area contributed by atoms with Crippen LogP contribution in [0.3, 0.4) is 0 Å². The summed E-state index contributed by atoms with van der Waals surface area (Å²) in [6.45, 7) is 3.97. The average molecular weight is 453 g/mol. The fourth-order valence-electron chi connectivity index (χ4n) is 3.61. The van der Waals surface area contributed by atoms with E-state index in [1.165, 1.54) is 11.8 Å². The van der Waals surface area contributed by atoms with Gasteiger partial charge in [0.25, 0.3) is 0 Å². The van der Waals surface area contributed by atoms with Gasteiger partial charge in [-0.1, -0.05) is 35.9 Å². The van der Waals surface area contributed by atoms with Crippen LogP contribution in [0.4, 0.5) is 0 Å². The van der Waals surface area contributed by atoms with Crippen molar-refractivity contribution in [2.45, 2.75) is 56.9 Å². The second-order valence-corrected chi connectivity index (χ2v) is 9.18. The number of benzene rings is 2. The number of ether oxygens (including phenoxy) is 2. The molecule has 5 atom stereocenters. The zero-order valence-corrected chi connectivity index (χ0v) is 18.9. The van der Waals surface area contributed by atoms with Crippen LogP contribution < -0.4 is 4.74 Å². The lowest BCUT2D eigenvalue weighted by Gasteiger charge is -2.41. The summed E-state index contributed by atoms with van der Waals surface area (Å²) >= 11 is 7.95. The van der Waals surface area contributed by atoms with E-state index < -0.39 is 30.5 Å². The van der Waals surface area contributed by atoms with E-state index in [0.29, 0.717) is 17.2 Å². The average Bonchev–Trinajstić information content (AvgIpc) is 2.71. The second kappa shape index (κ2) is 10.4. The Labute approximate surface area is 187 Å². The third kappa shape index (κ3) is 5.49. The highest BCUT2D eigenvalue weighted by atomic mass is 35.5. The van der Waals surface area contributed by atoms with Crippen LogP contribution in [0, 0.1) is 0 Å². The molecule has 0 unspecified atom stereocenters. The van der Waals surface area contributed by atoms with Gasteiger partial charge in [0.05, 0.1) is 12.2 Å². The number of aliphatic hydroxyl groups excluding tert-OH is 3. The first kappa shape index (κ1) is 23.4. The van der Waals surface area contributed by atoms with Crippen LogP contribution in [-0.2, 0) is 11.2 Å². The smallest absolute Gasteiger partial charge is 0.119 e. The number of thioether (sulfide) groups is 1. The second-order valence-electron chi connectivity index (χ2n) is 7.86. The van der Waals surface area contributed by atoms with Crippen molar-refractivity contribution < 1.29 is 24.8 Å². The normalized spacial score (nSPS) is 26.7. The Morgan fingerprint density at radius 1 is 1.03 bits per heavy atom. The highest BCUT2D eigenvalue weighted by Crippen LogP contribution is 2.35. The van der Waals surface area contributed by atoms with Crippen molar-refractivity contribution in [2.24, 2.45) is 0 Å². The van der Waals surface area contributed by atoms with Gasteiger partial charge in [0, 0.05) is 10.8 Å². The first-order valence-corrected chi connectivity index (χ1v) is 11.8. The largest absolute Gasteiger partial charge is 0.491 e.